The fraction of sp³-hybridized carbons (Fsp3) is 0.429. The number of hydrogen-bond donors (Lipinski definition) is 1. The Kier molecular flexibility index (Phi) is 5.10. The lowest BCUT2D eigenvalue weighted by atomic mass is 10.0. The van der Waals surface area contributed by atoms with Crippen LogP contribution in [0.1, 0.15) is 31.9 Å². The second kappa shape index (κ2) is 7.27. The first kappa shape index (κ1) is 16.8. The number of nitrogens with zero attached hydrogens (tertiary/aromatic N) is 1. The Hall–Kier alpha value is -2.00. The quantitative estimate of drug-likeness (QED) is 0.856. The predicted octanol–water partition coefficient (Wildman–Crippen LogP) is 4.33. The molecule has 1 heterocycles. The summed E-state index contributed by atoms with van der Waals surface area (Å²) in [5.41, 5.74) is 3.72. The van der Waals surface area contributed by atoms with E-state index in [0.29, 0.717) is 0 Å². The number of fused-ring (bicyclic) bond motifs is 1. The Morgan fingerprint density at radius 3 is 2.62 bits per heavy atom. The van der Waals surface area contributed by atoms with Crippen LogP contribution < -0.4 is 10.1 Å². The van der Waals surface area contributed by atoms with Crippen molar-refractivity contribution in [2.75, 3.05) is 25.0 Å². The van der Waals surface area contributed by atoms with Crippen molar-refractivity contribution in [1.82, 2.24) is 4.90 Å². The summed E-state index contributed by atoms with van der Waals surface area (Å²) in [4.78, 5) is 2.49. The summed E-state index contributed by atoms with van der Waals surface area (Å²) in [6, 6.07) is 17.2. The summed E-state index contributed by atoms with van der Waals surface area (Å²) in [6.07, 6.45) is 1.05. The zero-order valence-electron chi connectivity index (χ0n) is 15.0. The van der Waals surface area contributed by atoms with Crippen LogP contribution in [0.5, 0.6) is 5.75 Å². The minimum absolute atomic E-state index is 0.136. The average molecular weight is 324 g/mol. The van der Waals surface area contributed by atoms with E-state index in [-0.39, 0.29) is 5.60 Å². The molecule has 0 radical (unpaired) electrons. The average Bonchev–Trinajstić information content (AvgIpc) is 2.59. The molecule has 0 saturated carbocycles. The van der Waals surface area contributed by atoms with Gasteiger partial charge in [-0.2, -0.15) is 0 Å². The normalized spacial score (nSPS) is 15.5. The van der Waals surface area contributed by atoms with E-state index >= 15 is 0 Å². The highest BCUT2D eigenvalue weighted by Crippen LogP contribution is 2.33. The van der Waals surface area contributed by atoms with Crippen LogP contribution in [-0.4, -0.2) is 30.1 Å². The molecule has 128 valence electrons. The summed E-state index contributed by atoms with van der Waals surface area (Å²) in [5, 5.41) is 3.50. The molecule has 0 unspecified atom stereocenters. The Labute approximate surface area is 145 Å². The molecule has 3 rings (SSSR count). The first-order valence-corrected chi connectivity index (χ1v) is 8.88. The van der Waals surface area contributed by atoms with Gasteiger partial charge in [0, 0.05) is 13.1 Å². The Bertz CT molecular complexity index is 667. The standard InChI is InChI=1S/C21H28N2O/c1-4-23(15-18-8-6-5-7-9-18)13-12-17-10-11-20-19(14-17)22-16-21(2,3)24-20/h5-11,14,22H,4,12-13,15-16H2,1-3H3. The van der Waals surface area contributed by atoms with Gasteiger partial charge >= 0.3 is 0 Å². The number of anilines is 1. The third kappa shape index (κ3) is 4.30. The molecule has 24 heavy (non-hydrogen) atoms. The lowest BCUT2D eigenvalue weighted by Gasteiger charge is -2.33. The molecule has 1 aliphatic heterocycles. The Morgan fingerprint density at radius 2 is 1.88 bits per heavy atom. The molecule has 0 amide bonds. The molecular weight excluding hydrogens is 296 g/mol. The van der Waals surface area contributed by atoms with Crippen LogP contribution >= 0.6 is 0 Å². The molecule has 2 aromatic carbocycles. The maximum absolute atomic E-state index is 6.03. The molecule has 3 heteroatoms. The molecule has 1 N–H and O–H groups in total. The monoisotopic (exact) mass is 324 g/mol. The minimum Gasteiger partial charge on any atom is -0.484 e. The van der Waals surface area contributed by atoms with Gasteiger partial charge in [0.1, 0.15) is 11.4 Å². The van der Waals surface area contributed by atoms with Crippen molar-refractivity contribution in [1.29, 1.82) is 0 Å². The molecule has 0 aromatic heterocycles. The SMILES string of the molecule is CCN(CCc1ccc2c(c1)NCC(C)(C)O2)Cc1ccccc1. The van der Waals surface area contributed by atoms with Crippen molar-refractivity contribution >= 4 is 5.69 Å². The van der Waals surface area contributed by atoms with Gasteiger partial charge in [0.25, 0.3) is 0 Å². The van der Waals surface area contributed by atoms with E-state index in [0.717, 1.165) is 44.0 Å². The Balaban J connectivity index is 1.60. The van der Waals surface area contributed by atoms with E-state index < -0.39 is 0 Å². The zero-order valence-corrected chi connectivity index (χ0v) is 15.0. The van der Waals surface area contributed by atoms with Gasteiger partial charge in [0.05, 0.1) is 12.2 Å². The van der Waals surface area contributed by atoms with Gasteiger partial charge in [0.2, 0.25) is 0 Å². The number of likely N-dealkylation sites (N-methyl/N-ethyl adjacent to an activating group) is 1. The van der Waals surface area contributed by atoms with Gasteiger partial charge in [-0.15, -0.1) is 0 Å². The summed E-state index contributed by atoms with van der Waals surface area (Å²) in [6.45, 7) is 10.4. The van der Waals surface area contributed by atoms with Crippen molar-refractivity contribution in [3.05, 3.63) is 59.7 Å². The van der Waals surface area contributed by atoms with Gasteiger partial charge in [-0.3, -0.25) is 4.90 Å². The van der Waals surface area contributed by atoms with E-state index in [1.165, 1.54) is 11.1 Å². The molecule has 0 fully saturated rings. The summed E-state index contributed by atoms with van der Waals surface area (Å²) in [5.74, 6) is 0.964. The van der Waals surface area contributed by atoms with Crippen molar-refractivity contribution in [2.24, 2.45) is 0 Å². The van der Waals surface area contributed by atoms with Gasteiger partial charge in [-0.05, 0) is 50.1 Å². The zero-order chi connectivity index (χ0) is 17.0. The first-order valence-electron chi connectivity index (χ1n) is 8.88. The smallest absolute Gasteiger partial charge is 0.143 e. The van der Waals surface area contributed by atoms with E-state index in [1.54, 1.807) is 0 Å². The number of benzene rings is 2. The highest BCUT2D eigenvalue weighted by Gasteiger charge is 2.26. The van der Waals surface area contributed by atoms with Crippen molar-refractivity contribution in [2.45, 2.75) is 39.3 Å². The van der Waals surface area contributed by atoms with Crippen LogP contribution in [0.15, 0.2) is 48.5 Å². The van der Waals surface area contributed by atoms with E-state index in [2.05, 4.69) is 79.5 Å². The van der Waals surface area contributed by atoms with Gasteiger partial charge in [-0.25, -0.2) is 0 Å². The van der Waals surface area contributed by atoms with Crippen LogP contribution in [0.25, 0.3) is 0 Å². The summed E-state index contributed by atoms with van der Waals surface area (Å²) >= 11 is 0. The Morgan fingerprint density at radius 1 is 1.08 bits per heavy atom. The van der Waals surface area contributed by atoms with Gasteiger partial charge < -0.3 is 10.1 Å². The van der Waals surface area contributed by atoms with Crippen LogP contribution in [-0.2, 0) is 13.0 Å². The van der Waals surface area contributed by atoms with E-state index in [4.69, 9.17) is 4.74 Å². The highest BCUT2D eigenvalue weighted by molar-refractivity contribution is 5.60. The van der Waals surface area contributed by atoms with Crippen molar-refractivity contribution < 1.29 is 4.74 Å². The van der Waals surface area contributed by atoms with E-state index in [1.807, 2.05) is 0 Å². The third-order valence-electron chi connectivity index (χ3n) is 4.55. The number of ether oxygens (including phenoxy) is 1. The predicted molar refractivity (Wildman–Crippen MR) is 101 cm³/mol. The molecule has 1 aliphatic rings. The molecule has 3 nitrogen and oxygen atoms in total. The molecule has 0 aliphatic carbocycles. The lowest BCUT2D eigenvalue weighted by molar-refractivity contribution is 0.116. The number of rotatable bonds is 6. The molecule has 0 saturated heterocycles. The lowest BCUT2D eigenvalue weighted by Crippen LogP contribution is -2.40. The summed E-state index contributed by atoms with van der Waals surface area (Å²) < 4.78 is 6.03. The number of hydrogen-bond acceptors (Lipinski definition) is 3. The second-order valence-corrected chi connectivity index (χ2v) is 7.15. The fourth-order valence-electron chi connectivity index (χ4n) is 3.08. The van der Waals surface area contributed by atoms with Crippen molar-refractivity contribution in [3.8, 4) is 5.75 Å². The van der Waals surface area contributed by atoms with Crippen LogP contribution in [0.4, 0.5) is 5.69 Å². The minimum atomic E-state index is -0.136. The second-order valence-electron chi connectivity index (χ2n) is 7.15. The molecule has 0 bridgehead atoms. The van der Waals surface area contributed by atoms with Crippen LogP contribution in [0.3, 0.4) is 0 Å². The number of nitrogens with one attached hydrogen (secondary N) is 1. The highest BCUT2D eigenvalue weighted by atomic mass is 16.5. The van der Waals surface area contributed by atoms with Crippen LogP contribution in [0.2, 0.25) is 0 Å². The topological polar surface area (TPSA) is 24.5 Å². The molecule has 0 atom stereocenters. The molecule has 0 spiro atoms. The molecule has 2 aromatic rings. The molecular formula is C21H28N2O. The maximum atomic E-state index is 6.03. The summed E-state index contributed by atoms with van der Waals surface area (Å²) in [7, 11) is 0. The van der Waals surface area contributed by atoms with Gasteiger partial charge in [-0.1, -0.05) is 43.3 Å². The van der Waals surface area contributed by atoms with Crippen LogP contribution in [0, 0.1) is 0 Å². The third-order valence-corrected chi connectivity index (χ3v) is 4.55. The fourth-order valence-corrected chi connectivity index (χ4v) is 3.08. The maximum Gasteiger partial charge on any atom is 0.143 e. The van der Waals surface area contributed by atoms with Gasteiger partial charge in [0.15, 0.2) is 0 Å². The first-order chi connectivity index (χ1) is 11.6. The van der Waals surface area contributed by atoms with E-state index in [9.17, 15) is 0 Å². The van der Waals surface area contributed by atoms with Crippen molar-refractivity contribution in [3.63, 3.8) is 0 Å². The largest absolute Gasteiger partial charge is 0.484 e.